The second-order valence-electron chi connectivity index (χ2n) is 3.65. The molecule has 0 saturated carbocycles. The van der Waals surface area contributed by atoms with Crippen LogP contribution in [0, 0.1) is 6.92 Å². The minimum Gasteiger partial charge on any atom is -0.399 e. The lowest BCUT2D eigenvalue weighted by atomic mass is 10.1. The number of alkyl halides is 2. The average Bonchev–Trinajstić information content (AvgIpc) is 2.69. The second kappa shape index (κ2) is 4.44. The van der Waals surface area contributed by atoms with Gasteiger partial charge in [-0.2, -0.15) is 0 Å². The smallest absolute Gasteiger partial charge is 0.258 e. The minimum absolute atomic E-state index is 0.301. The van der Waals surface area contributed by atoms with Gasteiger partial charge in [-0.3, -0.25) is 0 Å². The van der Waals surface area contributed by atoms with Crippen LogP contribution in [0.2, 0.25) is 0 Å². The maximum Gasteiger partial charge on any atom is 0.258 e. The van der Waals surface area contributed by atoms with Crippen molar-refractivity contribution in [2.24, 2.45) is 0 Å². The summed E-state index contributed by atoms with van der Waals surface area (Å²) in [6, 6.07) is 5.20. The van der Waals surface area contributed by atoms with Gasteiger partial charge in [0, 0.05) is 11.3 Å². The highest BCUT2D eigenvalue weighted by Crippen LogP contribution is 2.23. The van der Waals surface area contributed by atoms with Gasteiger partial charge < -0.3 is 5.73 Å². The van der Waals surface area contributed by atoms with Crippen LogP contribution < -0.4 is 5.73 Å². The van der Waals surface area contributed by atoms with Crippen molar-refractivity contribution in [2.75, 3.05) is 5.73 Å². The largest absolute Gasteiger partial charge is 0.399 e. The van der Waals surface area contributed by atoms with Crippen LogP contribution in [-0.2, 0) is 6.54 Å². The van der Waals surface area contributed by atoms with E-state index in [1.165, 1.54) is 0 Å². The Morgan fingerprint density at radius 1 is 1.41 bits per heavy atom. The lowest BCUT2D eigenvalue weighted by Crippen LogP contribution is -2.10. The molecule has 0 fully saturated rings. The fourth-order valence-electron chi connectivity index (χ4n) is 1.53. The molecule has 0 bridgehead atoms. The highest BCUT2D eigenvalue weighted by atomic mass is 19.3. The van der Waals surface area contributed by atoms with E-state index in [0.29, 0.717) is 17.1 Å². The van der Waals surface area contributed by atoms with E-state index >= 15 is 0 Å². The Morgan fingerprint density at radius 3 is 2.88 bits per heavy atom. The molecule has 1 aromatic heterocycles. The van der Waals surface area contributed by atoms with Gasteiger partial charge in [0.2, 0.25) is 0 Å². The van der Waals surface area contributed by atoms with Crippen LogP contribution in [0.15, 0.2) is 18.2 Å². The average molecular weight is 239 g/mol. The number of aromatic nitrogens is 4. The predicted octanol–water partition coefficient (Wildman–Crippen LogP) is 1.50. The van der Waals surface area contributed by atoms with Crippen molar-refractivity contribution >= 4 is 5.69 Å². The van der Waals surface area contributed by atoms with Gasteiger partial charge in [0.1, 0.15) is 6.54 Å². The molecule has 1 heterocycles. The van der Waals surface area contributed by atoms with E-state index in [-0.39, 0.29) is 0 Å². The van der Waals surface area contributed by atoms with Gasteiger partial charge in [0.15, 0.2) is 5.82 Å². The van der Waals surface area contributed by atoms with Crippen molar-refractivity contribution in [1.82, 2.24) is 20.2 Å². The molecule has 0 spiro atoms. The predicted molar refractivity (Wildman–Crippen MR) is 58.4 cm³/mol. The van der Waals surface area contributed by atoms with E-state index < -0.39 is 13.0 Å². The van der Waals surface area contributed by atoms with Gasteiger partial charge in [-0.05, 0) is 35.0 Å². The van der Waals surface area contributed by atoms with E-state index in [1.807, 2.05) is 6.92 Å². The second-order valence-corrected chi connectivity index (χ2v) is 3.65. The molecule has 2 rings (SSSR count). The Labute approximate surface area is 96.2 Å². The first-order chi connectivity index (χ1) is 8.08. The number of halogens is 2. The molecule has 0 saturated heterocycles. The summed E-state index contributed by atoms with van der Waals surface area (Å²) in [7, 11) is 0. The van der Waals surface area contributed by atoms with Crippen LogP contribution in [-0.4, -0.2) is 26.6 Å². The summed E-state index contributed by atoms with van der Waals surface area (Å²) in [6.45, 7) is 1.31. The summed E-state index contributed by atoms with van der Waals surface area (Å²) in [5.74, 6) is 0.301. The van der Waals surface area contributed by atoms with Crippen molar-refractivity contribution in [3.8, 4) is 11.4 Å². The Hall–Kier alpha value is -2.05. The lowest BCUT2D eigenvalue weighted by molar-refractivity contribution is 0.121. The molecule has 0 aliphatic carbocycles. The Bertz CT molecular complexity index is 523. The van der Waals surface area contributed by atoms with Crippen molar-refractivity contribution < 1.29 is 8.78 Å². The molecule has 0 aliphatic rings. The third-order valence-corrected chi connectivity index (χ3v) is 2.35. The number of nitrogens with two attached hydrogens (primary N) is 1. The number of anilines is 1. The Kier molecular flexibility index (Phi) is 2.99. The molecule has 17 heavy (non-hydrogen) atoms. The Morgan fingerprint density at radius 2 is 2.18 bits per heavy atom. The number of rotatable bonds is 3. The maximum absolute atomic E-state index is 12.3. The molecule has 0 amide bonds. The van der Waals surface area contributed by atoms with Crippen molar-refractivity contribution in [3.05, 3.63) is 23.8 Å². The third-order valence-electron chi connectivity index (χ3n) is 2.35. The molecule has 5 nitrogen and oxygen atoms in total. The molecule has 0 atom stereocenters. The van der Waals surface area contributed by atoms with E-state index in [4.69, 9.17) is 5.73 Å². The number of benzene rings is 1. The van der Waals surface area contributed by atoms with Gasteiger partial charge in [0.25, 0.3) is 6.43 Å². The number of hydrogen-bond acceptors (Lipinski definition) is 4. The summed E-state index contributed by atoms with van der Waals surface area (Å²) >= 11 is 0. The summed E-state index contributed by atoms with van der Waals surface area (Å²) in [6.07, 6.45) is -2.50. The fraction of sp³-hybridized carbons (Fsp3) is 0.300. The van der Waals surface area contributed by atoms with E-state index in [2.05, 4.69) is 15.5 Å². The van der Waals surface area contributed by atoms with Crippen LogP contribution in [0.1, 0.15) is 5.56 Å². The van der Waals surface area contributed by atoms with Crippen molar-refractivity contribution in [3.63, 3.8) is 0 Å². The zero-order valence-electron chi connectivity index (χ0n) is 9.14. The van der Waals surface area contributed by atoms with Crippen LogP contribution in [0.25, 0.3) is 11.4 Å². The highest BCUT2D eigenvalue weighted by molar-refractivity contribution is 5.65. The number of aryl methyl sites for hydroxylation is 1. The summed E-state index contributed by atoms with van der Waals surface area (Å²) in [5.41, 5.74) is 7.74. The molecule has 7 heteroatoms. The van der Waals surface area contributed by atoms with Crippen molar-refractivity contribution in [1.29, 1.82) is 0 Å². The van der Waals surface area contributed by atoms with Gasteiger partial charge in [-0.15, -0.1) is 5.10 Å². The fourth-order valence-corrected chi connectivity index (χ4v) is 1.53. The third kappa shape index (κ3) is 2.38. The molecule has 90 valence electrons. The summed E-state index contributed by atoms with van der Waals surface area (Å²) in [5, 5.41) is 10.7. The number of nitrogens with zero attached hydrogens (tertiary/aromatic N) is 4. The van der Waals surface area contributed by atoms with Gasteiger partial charge in [-0.25, -0.2) is 13.5 Å². The van der Waals surface area contributed by atoms with Crippen molar-refractivity contribution in [2.45, 2.75) is 19.9 Å². The Balaban J connectivity index is 2.45. The van der Waals surface area contributed by atoms with E-state index in [0.717, 1.165) is 10.2 Å². The molecular formula is C10H11F2N5. The summed E-state index contributed by atoms with van der Waals surface area (Å²) in [4.78, 5) is 0. The lowest BCUT2D eigenvalue weighted by Gasteiger charge is -2.07. The molecule has 2 aromatic rings. The topological polar surface area (TPSA) is 69.6 Å². The van der Waals surface area contributed by atoms with Gasteiger partial charge >= 0.3 is 0 Å². The quantitative estimate of drug-likeness (QED) is 0.824. The molecule has 2 N–H and O–H groups in total. The van der Waals surface area contributed by atoms with E-state index in [1.54, 1.807) is 18.2 Å². The standard InChI is InChI=1S/C10H11F2N5/c1-6-2-3-7(13)4-8(6)10-14-15-16-17(10)5-9(11)12/h2-4,9H,5,13H2,1H3. The molecule has 1 aromatic carbocycles. The van der Waals surface area contributed by atoms with Crippen LogP contribution in [0.4, 0.5) is 14.5 Å². The molecular weight excluding hydrogens is 228 g/mol. The molecule has 0 unspecified atom stereocenters. The first-order valence-electron chi connectivity index (χ1n) is 4.98. The normalized spacial score (nSPS) is 11.1. The van der Waals surface area contributed by atoms with Crippen LogP contribution in [0.3, 0.4) is 0 Å². The molecule has 0 radical (unpaired) electrons. The highest BCUT2D eigenvalue weighted by Gasteiger charge is 2.14. The number of nitrogen functional groups attached to an aromatic ring is 1. The summed E-state index contributed by atoms with van der Waals surface area (Å²) < 4.78 is 25.7. The zero-order chi connectivity index (χ0) is 12.4. The van der Waals surface area contributed by atoms with Gasteiger partial charge in [0.05, 0.1) is 0 Å². The van der Waals surface area contributed by atoms with E-state index in [9.17, 15) is 8.78 Å². The first kappa shape index (κ1) is 11.4. The first-order valence-corrected chi connectivity index (χ1v) is 4.98. The zero-order valence-corrected chi connectivity index (χ0v) is 9.14. The van der Waals surface area contributed by atoms with Crippen LogP contribution >= 0.6 is 0 Å². The molecule has 0 aliphatic heterocycles. The number of hydrogen-bond donors (Lipinski definition) is 1. The van der Waals surface area contributed by atoms with Gasteiger partial charge in [-0.1, -0.05) is 6.07 Å². The maximum atomic E-state index is 12.3. The SMILES string of the molecule is Cc1ccc(N)cc1-c1nnnn1CC(F)F. The number of tetrazole rings is 1. The minimum atomic E-state index is -2.50. The van der Waals surface area contributed by atoms with Crippen LogP contribution in [0.5, 0.6) is 0 Å². The monoisotopic (exact) mass is 239 g/mol.